The van der Waals surface area contributed by atoms with E-state index in [-0.39, 0.29) is 5.41 Å². The molecule has 0 bridgehead atoms. The molecule has 0 aromatic carbocycles. The highest BCUT2D eigenvalue weighted by Gasteiger charge is 2.34. The first kappa shape index (κ1) is 20.3. The third-order valence-electron chi connectivity index (χ3n) is 5.22. The Hall–Kier alpha value is -0.720. The molecule has 1 rings (SSSR count). The summed E-state index contributed by atoms with van der Waals surface area (Å²) in [5.41, 5.74) is 6.46. The monoisotopic (exact) mass is 319 g/mol. The lowest BCUT2D eigenvalue weighted by Crippen LogP contribution is -2.25. The number of rotatable bonds is 4. The van der Waals surface area contributed by atoms with Gasteiger partial charge in [0.2, 0.25) is 0 Å². The van der Waals surface area contributed by atoms with Crippen LogP contribution in [0.1, 0.15) is 82.6 Å². The molecule has 0 amide bonds. The van der Waals surface area contributed by atoms with Gasteiger partial charge in [-0.3, -0.25) is 0 Å². The Morgan fingerprint density at radius 3 is 1.57 bits per heavy atom. The van der Waals surface area contributed by atoms with Gasteiger partial charge < -0.3 is 5.32 Å². The van der Waals surface area contributed by atoms with E-state index >= 15 is 0 Å². The Balaban J connectivity index is 3.62. The molecule has 1 atom stereocenters. The van der Waals surface area contributed by atoms with Crippen LogP contribution in [0.25, 0.3) is 0 Å². The smallest absolute Gasteiger partial charge is 0.0172 e. The maximum atomic E-state index is 3.95. The third kappa shape index (κ3) is 4.64. The number of nitrogens with one attached hydrogen (secondary N) is 1. The van der Waals surface area contributed by atoms with Crippen LogP contribution in [-0.2, 0) is 0 Å². The van der Waals surface area contributed by atoms with Gasteiger partial charge in [-0.25, -0.2) is 0 Å². The first-order valence-corrected chi connectivity index (χ1v) is 9.62. The van der Waals surface area contributed by atoms with Gasteiger partial charge in [0.15, 0.2) is 0 Å². The fourth-order valence-corrected chi connectivity index (χ4v) is 3.95. The van der Waals surface area contributed by atoms with E-state index in [4.69, 9.17) is 0 Å². The minimum absolute atomic E-state index is 0.217. The highest BCUT2D eigenvalue weighted by atomic mass is 14.9. The lowest BCUT2D eigenvalue weighted by atomic mass is 9.72. The molecule has 1 heterocycles. The van der Waals surface area contributed by atoms with Crippen LogP contribution in [0.2, 0.25) is 0 Å². The Bertz CT molecular complexity index is 467. The first-order valence-electron chi connectivity index (χ1n) is 9.62. The zero-order valence-corrected chi connectivity index (χ0v) is 17.6. The summed E-state index contributed by atoms with van der Waals surface area (Å²) in [7, 11) is 0. The van der Waals surface area contributed by atoms with Gasteiger partial charge in [-0.2, -0.15) is 0 Å². The summed E-state index contributed by atoms with van der Waals surface area (Å²) in [6.07, 6.45) is 1.20. The summed E-state index contributed by atoms with van der Waals surface area (Å²) in [6.45, 7) is 26.0. The van der Waals surface area contributed by atoms with Gasteiger partial charge in [0, 0.05) is 11.4 Å². The SMILES string of the molecule is CC(C)C1=C(C(C)C)C(C(C)C)CC(C(C)(C)C)=C(C(C)C)N1. The molecule has 1 nitrogen and oxygen atoms in total. The van der Waals surface area contributed by atoms with Gasteiger partial charge in [-0.05, 0) is 52.6 Å². The summed E-state index contributed by atoms with van der Waals surface area (Å²) < 4.78 is 0. The van der Waals surface area contributed by atoms with E-state index in [9.17, 15) is 0 Å². The molecule has 0 aromatic heterocycles. The summed E-state index contributed by atoms with van der Waals surface area (Å²) in [5, 5.41) is 3.95. The van der Waals surface area contributed by atoms with Crippen LogP contribution in [0.15, 0.2) is 22.5 Å². The van der Waals surface area contributed by atoms with Crippen molar-refractivity contribution in [2.75, 3.05) is 0 Å². The van der Waals surface area contributed by atoms with E-state index in [0.29, 0.717) is 29.6 Å². The van der Waals surface area contributed by atoms with Crippen molar-refractivity contribution in [3.05, 3.63) is 22.5 Å². The van der Waals surface area contributed by atoms with Crippen LogP contribution in [0.4, 0.5) is 0 Å². The quantitative estimate of drug-likeness (QED) is 0.602. The van der Waals surface area contributed by atoms with Crippen LogP contribution in [0, 0.1) is 35.0 Å². The number of hydrogen-bond acceptors (Lipinski definition) is 1. The molecule has 0 spiro atoms. The molecule has 1 heteroatoms. The normalized spacial score (nSPS) is 20.9. The summed E-state index contributed by atoms with van der Waals surface area (Å²) in [6, 6.07) is 0. The van der Waals surface area contributed by atoms with Gasteiger partial charge in [-0.15, -0.1) is 0 Å². The number of hydrogen-bond donors (Lipinski definition) is 1. The Kier molecular flexibility index (Phi) is 6.58. The van der Waals surface area contributed by atoms with Crippen molar-refractivity contribution >= 4 is 0 Å². The Labute approximate surface area is 146 Å². The highest BCUT2D eigenvalue weighted by molar-refractivity contribution is 5.34. The van der Waals surface area contributed by atoms with Gasteiger partial charge in [0.05, 0.1) is 0 Å². The standard InChI is InChI=1S/C22H41N/c1-13(2)17-12-18(22(9,10)11)20(15(5)6)23-21(16(7)8)19(17)14(3)4/h13-17,23H,12H2,1-11H3. The zero-order valence-electron chi connectivity index (χ0n) is 17.6. The largest absolute Gasteiger partial charge is 0.362 e. The fraction of sp³-hybridized carbons (Fsp3) is 0.818. The molecule has 0 fully saturated rings. The van der Waals surface area contributed by atoms with Gasteiger partial charge >= 0.3 is 0 Å². The molecule has 1 N–H and O–H groups in total. The summed E-state index contributed by atoms with van der Waals surface area (Å²) >= 11 is 0. The summed E-state index contributed by atoms with van der Waals surface area (Å²) in [5.74, 6) is 3.00. The van der Waals surface area contributed by atoms with Crippen LogP contribution in [0.3, 0.4) is 0 Å². The van der Waals surface area contributed by atoms with E-state index in [2.05, 4.69) is 81.5 Å². The topological polar surface area (TPSA) is 12.0 Å². The van der Waals surface area contributed by atoms with Crippen molar-refractivity contribution in [2.45, 2.75) is 82.6 Å². The van der Waals surface area contributed by atoms with E-state index in [1.807, 2.05) is 0 Å². The van der Waals surface area contributed by atoms with E-state index < -0.39 is 0 Å². The van der Waals surface area contributed by atoms with Crippen molar-refractivity contribution in [3.63, 3.8) is 0 Å². The van der Waals surface area contributed by atoms with Gasteiger partial charge in [-0.1, -0.05) is 76.2 Å². The predicted octanol–water partition coefficient (Wildman–Crippen LogP) is 6.77. The van der Waals surface area contributed by atoms with Crippen molar-refractivity contribution < 1.29 is 0 Å². The van der Waals surface area contributed by atoms with E-state index in [1.54, 1.807) is 11.1 Å². The molecule has 1 unspecified atom stereocenters. The molecular formula is C22H41N. The van der Waals surface area contributed by atoms with Crippen LogP contribution >= 0.6 is 0 Å². The van der Waals surface area contributed by atoms with Crippen molar-refractivity contribution in [2.24, 2.45) is 35.0 Å². The van der Waals surface area contributed by atoms with Gasteiger partial charge in [0.1, 0.15) is 0 Å². The van der Waals surface area contributed by atoms with Crippen LogP contribution in [-0.4, -0.2) is 0 Å². The van der Waals surface area contributed by atoms with Crippen molar-refractivity contribution in [1.82, 2.24) is 5.32 Å². The molecule has 134 valence electrons. The molecule has 23 heavy (non-hydrogen) atoms. The molecule has 1 aliphatic rings. The lowest BCUT2D eigenvalue weighted by molar-refractivity contribution is 0.366. The lowest BCUT2D eigenvalue weighted by Gasteiger charge is -2.32. The second-order valence-electron chi connectivity index (χ2n) is 9.65. The van der Waals surface area contributed by atoms with Gasteiger partial charge in [0.25, 0.3) is 0 Å². The molecule has 0 saturated heterocycles. The van der Waals surface area contributed by atoms with Crippen LogP contribution < -0.4 is 5.32 Å². The minimum Gasteiger partial charge on any atom is -0.362 e. The molecule has 0 aliphatic carbocycles. The second kappa shape index (κ2) is 7.45. The predicted molar refractivity (Wildman–Crippen MR) is 104 cm³/mol. The minimum atomic E-state index is 0.217. The zero-order chi connectivity index (χ0) is 18.1. The average Bonchev–Trinajstić information content (AvgIpc) is 2.54. The van der Waals surface area contributed by atoms with Crippen molar-refractivity contribution in [1.29, 1.82) is 0 Å². The third-order valence-corrected chi connectivity index (χ3v) is 5.22. The maximum Gasteiger partial charge on any atom is 0.0172 e. The van der Waals surface area contributed by atoms with E-state index in [0.717, 1.165) is 0 Å². The van der Waals surface area contributed by atoms with Crippen LogP contribution in [0.5, 0.6) is 0 Å². The second-order valence-corrected chi connectivity index (χ2v) is 9.65. The molecule has 0 radical (unpaired) electrons. The van der Waals surface area contributed by atoms with Crippen molar-refractivity contribution in [3.8, 4) is 0 Å². The molecular weight excluding hydrogens is 278 g/mol. The highest BCUT2D eigenvalue weighted by Crippen LogP contribution is 2.44. The molecule has 0 aromatic rings. The fourth-order valence-electron chi connectivity index (χ4n) is 3.95. The molecule has 0 saturated carbocycles. The summed E-state index contributed by atoms with van der Waals surface area (Å²) in [4.78, 5) is 0. The maximum absolute atomic E-state index is 3.95. The molecule has 1 aliphatic heterocycles. The first-order chi connectivity index (χ1) is 10.4. The average molecular weight is 320 g/mol. The Morgan fingerprint density at radius 2 is 1.26 bits per heavy atom. The Morgan fingerprint density at radius 1 is 0.783 bits per heavy atom. The number of allylic oxidation sites excluding steroid dienone is 4. The van der Waals surface area contributed by atoms with E-state index in [1.165, 1.54) is 17.8 Å².